The molecule has 0 saturated carbocycles. The number of hydrogen-bond donors (Lipinski definition) is 2. The van der Waals surface area contributed by atoms with E-state index in [0.717, 1.165) is 0 Å². The van der Waals surface area contributed by atoms with Crippen LogP contribution in [0.15, 0.2) is 48.5 Å². The number of carbonyl (C=O) groups is 3. The molecule has 0 aromatic heterocycles. The van der Waals surface area contributed by atoms with Crippen molar-refractivity contribution in [1.29, 1.82) is 0 Å². The van der Waals surface area contributed by atoms with Crippen molar-refractivity contribution in [2.75, 3.05) is 25.0 Å². The number of amides is 3. The normalized spacial score (nSPS) is 14.0. The van der Waals surface area contributed by atoms with Crippen molar-refractivity contribution in [3.63, 3.8) is 0 Å². The smallest absolute Gasteiger partial charge is 0.313 e. The number of benzene rings is 2. The highest BCUT2D eigenvalue weighted by molar-refractivity contribution is 6.39. The van der Waals surface area contributed by atoms with E-state index in [-0.39, 0.29) is 35.3 Å². The van der Waals surface area contributed by atoms with Crippen molar-refractivity contribution in [3.8, 4) is 0 Å². The number of anilines is 1. The lowest BCUT2D eigenvalue weighted by Crippen LogP contribution is -2.43. The monoisotopic (exact) mass is 428 g/mol. The van der Waals surface area contributed by atoms with Crippen molar-refractivity contribution < 1.29 is 23.7 Å². The zero-order valence-electron chi connectivity index (χ0n) is 16.5. The summed E-state index contributed by atoms with van der Waals surface area (Å²) in [6, 6.07) is 11.3. The SMILES string of the molecule is O=C(NCC1CCN(C(=O)c2ccccc2F)CC1)C(=O)Nc1ccccc1[N+](=O)[O-]. The number of nitro benzene ring substituents is 1. The first-order chi connectivity index (χ1) is 14.9. The Hall–Kier alpha value is -3.82. The summed E-state index contributed by atoms with van der Waals surface area (Å²) in [5.74, 6) is -2.78. The molecule has 9 nitrogen and oxygen atoms in total. The zero-order valence-corrected chi connectivity index (χ0v) is 16.5. The van der Waals surface area contributed by atoms with Gasteiger partial charge in [0, 0.05) is 25.7 Å². The van der Waals surface area contributed by atoms with Crippen LogP contribution in [0.1, 0.15) is 23.2 Å². The van der Waals surface area contributed by atoms with Crippen LogP contribution in [-0.2, 0) is 9.59 Å². The Morgan fingerprint density at radius 3 is 2.35 bits per heavy atom. The van der Waals surface area contributed by atoms with Crippen LogP contribution in [-0.4, -0.2) is 47.2 Å². The standard InChI is InChI=1S/C21H21FN4O5/c22-16-6-2-1-5-15(16)21(29)25-11-9-14(10-12-25)13-23-19(27)20(28)24-17-7-3-4-8-18(17)26(30)31/h1-8,14H,9-13H2,(H,23,27)(H,24,28). The molecular weight excluding hydrogens is 407 g/mol. The van der Waals surface area contributed by atoms with Crippen molar-refractivity contribution in [2.24, 2.45) is 5.92 Å². The lowest BCUT2D eigenvalue weighted by Gasteiger charge is -2.32. The Kier molecular flexibility index (Phi) is 6.91. The topological polar surface area (TPSA) is 122 Å². The molecule has 2 aromatic carbocycles. The molecule has 1 aliphatic heterocycles. The average Bonchev–Trinajstić information content (AvgIpc) is 2.78. The number of nitro groups is 1. The first-order valence-corrected chi connectivity index (χ1v) is 9.73. The van der Waals surface area contributed by atoms with Crippen LogP contribution < -0.4 is 10.6 Å². The predicted octanol–water partition coefficient (Wildman–Crippen LogP) is 2.34. The van der Waals surface area contributed by atoms with Gasteiger partial charge in [-0.1, -0.05) is 24.3 Å². The second-order valence-electron chi connectivity index (χ2n) is 7.15. The quantitative estimate of drug-likeness (QED) is 0.430. The van der Waals surface area contributed by atoms with Gasteiger partial charge < -0.3 is 15.5 Å². The molecule has 162 valence electrons. The minimum absolute atomic E-state index is 0.0286. The molecule has 0 aliphatic carbocycles. The molecule has 1 aliphatic rings. The molecule has 3 amide bonds. The van der Waals surface area contributed by atoms with Crippen molar-refractivity contribution >= 4 is 29.1 Å². The molecule has 31 heavy (non-hydrogen) atoms. The molecule has 0 radical (unpaired) electrons. The molecule has 2 aromatic rings. The third-order valence-electron chi connectivity index (χ3n) is 5.11. The first-order valence-electron chi connectivity index (χ1n) is 9.73. The highest BCUT2D eigenvalue weighted by Crippen LogP contribution is 2.23. The lowest BCUT2D eigenvalue weighted by atomic mass is 9.96. The maximum atomic E-state index is 13.8. The van der Waals surface area contributed by atoms with Gasteiger partial charge in [0.15, 0.2) is 0 Å². The third kappa shape index (κ3) is 5.41. The van der Waals surface area contributed by atoms with E-state index in [4.69, 9.17) is 0 Å². The van der Waals surface area contributed by atoms with E-state index in [9.17, 15) is 28.9 Å². The number of piperidine rings is 1. The summed E-state index contributed by atoms with van der Waals surface area (Å²) in [5, 5.41) is 15.8. The highest BCUT2D eigenvalue weighted by atomic mass is 19.1. The Balaban J connectivity index is 1.47. The number of likely N-dealkylation sites (tertiary alicyclic amines) is 1. The predicted molar refractivity (Wildman–Crippen MR) is 110 cm³/mol. The Bertz CT molecular complexity index is 1000. The van der Waals surface area contributed by atoms with Crippen LogP contribution in [0, 0.1) is 21.8 Å². The number of hydrogen-bond acceptors (Lipinski definition) is 5. The van der Waals surface area contributed by atoms with Gasteiger partial charge in [-0.05, 0) is 37.0 Å². The second kappa shape index (κ2) is 9.79. The van der Waals surface area contributed by atoms with E-state index in [1.54, 1.807) is 11.0 Å². The number of para-hydroxylation sites is 2. The summed E-state index contributed by atoms with van der Waals surface area (Å²) < 4.78 is 13.8. The van der Waals surface area contributed by atoms with E-state index >= 15 is 0 Å². The molecule has 0 bridgehead atoms. The van der Waals surface area contributed by atoms with Crippen molar-refractivity contribution in [2.45, 2.75) is 12.8 Å². The second-order valence-corrected chi connectivity index (χ2v) is 7.15. The zero-order chi connectivity index (χ0) is 22.4. The van der Waals surface area contributed by atoms with Crippen LogP contribution in [0.25, 0.3) is 0 Å². The van der Waals surface area contributed by atoms with Crippen LogP contribution in [0.2, 0.25) is 0 Å². The summed E-state index contributed by atoms with van der Waals surface area (Å²) in [4.78, 5) is 48.5. The lowest BCUT2D eigenvalue weighted by molar-refractivity contribution is -0.383. The molecule has 1 heterocycles. The van der Waals surface area contributed by atoms with E-state index < -0.39 is 22.6 Å². The summed E-state index contributed by atoms with van der Waals surface area (Å²) in [7, 11) is 0. The molecule has 3 rings (SSSR count). The summed E-state index contributed by atoms with van der Waals surface area (Å²) in [6.07, 6.45) is 1.18. The summed E-state index contributed by atoms with van der Waals surface area (Å²) >= 11 is 0. The summed E-state index contributed by atoms with van der Waals surface area (Å²) in [5.41, 5.74) is -0.343. The maximum absolute atomic E-state index is 13.8. The van der Waals surface area contributed by atoms with E-state index in [1.165, 1.54) is 42.5 Å². The number of carbonyl (C=O) groups excluding carboxylic acids is 3. The van der Waals surface area contributed by atoms with E-state index in [0.29, 0.717) is 25.9 Å². The molecule has 0 spiro atoms. The first kappa shape index (κ1) is 21.9. The Morgan fingerprint density at radius 2 is 1.68 bits per heavy atom. The van der Waals surface area contributed by atoms with E-state index in [2.05, 4.69) is 10.6 Å². The van der Waals surface area contributed by atoms with Gasteiger partial charge in [0.25, 0.3) is 11.6 Å². The number of nitrogens with one attached hydrogen (secondary N) is 2. The van der Waals surface area contributed by atoms with Crippen molar-refractivity contribution in [3.05, 3.63) is 70.0 Å². The average molecular weight is 428 g/mol. The molecule has 2 N–H and O–H groups in total. The Labute approximate surface area is 177 Å². The van der Waals surface area contributed by atoms with Gasteiger partial charge in [-0.2, -0.15) is 0 Å². The fourth-order valence-electron chi connectivity index (χ4n) is 3.38. The molecule has 10 heteroatoms. The van der Waals surface area contributed by atoms with Crippen LogP contribution in [0.4, 0.5) is 15.8 Å². The van der Waals surface area contributed by atoms with Gasteiger partial charge in [-0.3, -0.25) is 24.5 Å². The summed E-state index contributed by atoms with van der Waals surface area (Å²) in [6.45, 7) is 1.05. The van der Waals surface area contributed by atoms with Crippen LogP contribution in [0.5, 0.6) is 0 Å². The fourth-order valence-corrected chi connectivity index (χ4v) is 3.38. The number of nitrogens with zero attached hydrogens (tertiary/aromatic N) is 2. The fraction of sp³-hybridized carbons (Fsp3) is 0.286. The van der Waals surface area contributed by atoms with Crippen LogP contribution >= 0.6 is 0 Å². The molecule has 1 fully saturated rings. The minimum atomic E-state index is -0.999. The van der Waals surface area contributed by atoms with E-state index in [1.807, 2.05) is 0 Å². The highest BCUT2D eigenvalue weighted by Gasteiger charge is 2.26. The minimum Gasteiger partial charge on any atom is -0.348 e. The maximum Gasteiger partial charge on any atom is 0.313 e. The molecule has 0 atom stereocenters. The number of halogens is 1. The van der Waals surface area contributed by atoms with Gasteiger partial charge in [0.05, 0.1) is 10.5 Å². The third-order valence-corrected chi connectivity index (χ3v) is 5.11. The van der Waals surface area contributed by atoms with Gasteiger partial charge in [0.1, 0.15) is 11.5 Å². The molecular formula is C21H21FN4O5. The molecule has 0 unspecified atom stereocenters. The van der Waals surface area contributed by atoms with Crippen LogP contribution in [0.3, 0.4) is 0 Å². The largest absolute Gasteiger partial charge is 0.348 e. The van der Waals surface area contributed by atoms with Gasteiger partial charge in [0.2, 0.25) is 0 Å². The van der Waals surface area contributed by atoms with Gasteiger partial charge in [-0.15, -0.1) is 0 Å². The van der Waals surface area contributed by atoms with Gasteiger partial charge in [-0.25, -0.2) is 4.39 Å². The van der Waals surface area contributed by atoms with Gasteiger partial charge >= 0.3 is 11.8 Å². The number of rotatable bonds is 5. The van der Waals surface area contributed by atoms with Crippen molar-refractivity contribution in [1.82, 2.24) is 10.2 Å². The Morgan fingerprint density at radius 1 is 1.03 bits per heavy atom. The molecule has 1 saturated heterocycles.